The van der Waals surface area contributed by atoms with Crippen LogP contribution in [0.4, 0.5) is 23.0 Å². The van der Waals surface area contributed by atoms with Gasteiger partial charge < -0.3 is 5.32 Å². The lowest BCUT2D eigenvalue weighted by Gasteiger charge is -2.12. The average molecular weight is 450 g/mol. The van der Waals surface area contributed by atoms with Gasteiger partial charge in [0.25, 0.3) is 5.91 Å². The lowest BCUT2D eigenvalue weighted by atomic mass is 10.1. The van der Waals surface area contributed by atoms with Gasteiger partial charge >= 0.3 is 5.69 Å². The third-order valence-corrected chi connectivity index (χ3v) is 4.86. The zero-order chi connectivity index (χ0) is 22.7. The summed E-state index contributed by atoms with van der Waals surface area (Å²) in [4.78, 5) is 36.0. The average Bonchev–Trinajstić information content (AvgIpc) is 2.78. The summed E-state index contributed by atoms with van der Waals surface area (Å²) in [6.45, 7) is 1.85. The SMILES string of the molecule is Cc1ccc2cccc(Nc3ncnc(NNC(=O)c4ccccc4Cl)c3[N+](=O)[O-])c2n1. The second-order valence-corrected chi connectivity index (χ2v) is 7.10. The van der Waals surface area contributed by atoms with E-state index in [0.29, 0.717) is 11.2 Å². The molecule has 0 aliphatic rings. The van der Waals surface area contributed by atoms with Crippen molar-refractivity contribution in [2.75, 3.05) is 10.7 Å². The first-order chi connectivity index (χ1) is 15.4. The molecular formula is C21H16ClN7O3. The van der Waals surface area contributed by atoms with Gasteiger partial charge in [-0.05, 0) is 31.2 Å². The highest BCUT2D eigenvalue weighted by molar-refractivity contribution is 6.33. The number of anilines is 3. The molecule has 4 rings (SSSR count). The molecule has 0 radical (unpaired) electrons. The van der Waals surface area contributed by atoms with Gasteiger partial charge in [0.2, 0.25) is 11.6 Å². The van der Waals surface area contributed by atoms with Crippen molar-refractivity contribution < 1.29 is 9.72 Å². The molecule has 4 aromatic rings. The van der Waals surface area contributed by atoms with Gasteiger partial charge in [-0.15, -0.1) is 0 Å². The number of halogens is 1. The fraction of sp³-hybridized carbons (Fsp3) is 0.0476. The summed E-state index contributed by atoms with van der Waals surface area (Å²) in [5.74, 6) is -0.834. The Bertz CT molecular complexity index is 1350. The monoisotopic (exact) mass is 449 g/mol. The number of nitrogens with one attached hydrogen (secondary N) is 3. The highest BCUT2D eigenvalue weighted by atomic mass is 35.5. The maximum absolute atomic E-state index is 12.4. The number of carbonyl (C=O) groups excluding carboxylic acids is 1. The second-order valence-electron chi connectivity index (χ2n) is 6.69. The van der Waals surface area contributed by atoms with E-state index in [1.807, 2.05) is 25.1 Å². The van der Waals surface area contributed by atoms with Crippen LogP contribution in [-0.2, 0) is 0 Å². The van der Waals surface area contributed by atoms with Gasteiger partial charge in [0.1, 0.15) is 6.33 Å². The quantitative estimate of drug-likeness (QED) is 0.291. The third-order valence-electron chi connectivity index (χ3n) is 4.53. The lowest BCUT2D eigenvalue weighted by molar-refractivity contribution is -0.383. The van der Waals surface area contributed by atoms with Crippen molar-refractivity contribution in [1.29, 1.82) is 0 Å². The minimum absolute atomic E-state index is 0.0599. The van der Waals surface area contributed by atoms with Crippen molar-refractivity contribution in [2.45, 2.75) is 6.92 Å². The number of fused-ring (bicyclic) bond motifs is 1. The summed E-state index contributed by atoms with van der Waals surface area (Å²) in [6.07, 6.45) is 1.14. The summed E-state index contributed by atoms with van der Waals surface area (Å²) in [7, 11) is 0. The number of hydrogen-bond acceptors (Lipinski definition) is 8. The largest absolute Gasteiger partial charge is 0.355 e. The van der Waals surface area contributed by atoms with Crippen LogP contribution in [0.1, 0.15) is 16.1 Å². The van der Waals surface area contributed by atoms with Crippen LogP contribution >= 0.6 is 11.6 Å². The minimum Gasteiger partial charge on any atom is -0.332 e. The Kier molecular flexibility index (Phi) is 5.77. The molecule has 2 aromatic heterocycles. The molecule has 0 saturated carbocycles. The highest BCUT2D eigenvalue weighted by Crippen LogP contribution is 2.33. The van der Waals surface area contributed by atoms with Gasteiger partial charge in [0, 0.05) is 11.1 Å². The first kappa shape index (κ1) is 20.9. The standard InChI is InChI=1S/C21H16ClN7O3/c1-12-9-10-13-5-4-8-16(17(13)25-12)26-19-18(29(31)32)20(24-11-23-19)27-28-21(30)14-6-2-3-7-15(14)22/h2-11H,1H3,(H,28,30)(H2,23,24,26,27). The van der Waals surface area contributed by atoms with Gasteiger partial charge in [0.15, 0.2) is 0 Å². The third kappa shape index (κ3) is 4.25. The number of para-hydroxylation sites is 1. The van der Waals surface area contributed by atoms with Crippen LogP contribution in [-0.4, -0.2) is 25.8 Å². The van der Waals surface area contributed by atoms with Crippen LogP contribution in [0, 0.1) is 17.0 Å². The molecule has 10 nitrogen and oxygen atoms in total. The number of nitro groups is 1. The number of amides is 1. The molecule has 0 bridgehead atoms. The Morgan fingerprint density at radius 1 is 1.03 bits per heavy atom. The minimum atomic E-state index is -0.643. The maximum Gasteiger partial charge on any atom is 0.355 e. The molecule has 0 atom stereocenters. The number of aromatic nitrogens is 3. The van der Waals surface area contributed by atoms with E-state index in [0.717, 1.165) is 17.4 Å². The molecule has 0 aliphatic carbocycles. The van der Waals surface area contributed by atoms with E-state index in [4.69, 9.17) is 11.6 Å². The molecule has 1 amide bonds. The highest BCUT2D eigenvalue weighted by Gasteiger charge is 2.24. The number of hydrogen-bond donors (Lipinski definition) is 3. The zero-order valence-corrected chi connectivity index (χ0v) is 17.4. The smallest absolute Gasteiger partial charge is 0.332 e. The van der Waals surface area contributed by atoms with E-state index < -0.39 is 16.5 Å². The molecule has 11 heteroatoms. The number of benzene rings is 2. The van der Waals surface area contributed by atoms with Crippen molar-refractivity contribution >= 4 is 51.4 Å². The van der Waals surface area contributed by atoms with Crippen molar-refractivity contribution in [3.63, 3.8) is 0 Å². The summed E-state index contributed by atoms with van der Waals surface area (Å²) >= 11 is 6.02. The fourth-order valence-electron chi connectivity index (χ4n) is 3.04. The molecule has 2 heterocycles. The van der Waals surface area contributed by atoms with Crippen LogP contribution in [0.3, 0.4) is 0 Å². The van der Waals surface area contributed by atoms with E-state index >= 15 is 0 Å². The first-order valence-corrected chi connectivity index (χ1v) is 9.75. The summed E-state index contributed by atoms with van der Waals surface area (Å²) in [6, 6.07) is 15.6. The summed E-state index contributed by atoms with van der Waals surface area (Å²) in [5, 5.41) is 15.9. The Labute approximate surface area is 186 Å². The number of hydrazine groups is 1. The Balaban J connectivity index is 1.65. The van der Waals surface area contributed by atoms with Gasteiger partial charge in [-0.25, -0.2) is 9.97 Å². The number of aryl methyl sites for hydroxylation is 1. The summed E-state index contributed by atoms with van der Waals surface area (Å²) in [5.41, 5.74) is 6.59. The molecule has 0 spiro atoms. The molecule has 0 aliphatic heterocycles. The Hall–Kier alpha value is -4.31. The first-order valence-electron chi connectivity index (χ1n) is 9.37. The Morgan fingerprint density at radius 2 is 1.81 bits per heavy atom. The Morgan fingerprint density at radius 3 is 2.59 bits per heavy atom. The van der Waals surface area contributed by atoms with Gasteiger partial charge in [0.05, 0.1) is 26.7 Å². The predicted molar refractivity (Wildman–Crippen MR) is 121 cm³/mol. The van der Waals surface area contributed by atoms with Crippen molar-refractivity contribution in [1.82, 2.24) is 20.4 Å². The van der Waals surface area contributed by atoms with Gasteiger partial charge in [-0.2, -0.15) is 0 Å². The van der Waals surface area contributed by atoms with E-state index in [9.17, 15) is 14.9 Å². The normalized spacial score (nSPS) is 10.6. The maximum atomic E-state index is 12.4. The molecular weight excluding hydrogens is 434 g/mol. The fourth-order valence-corrected chi connectivity index (χ4v) is 3.26. The number of nitrogens with zero attached hydrogens (tertiary/aromatic N) is 4. The van der Waals surface area contributed by atoms with E-state index in [1.165, 1.54) is 6.07 Å². The van der Waals surface area contributed by atoms with Crippen LogP contribution in [0.5, 0.6) is 0 Å². The molecule has 160 valence electrons. The van der Waals surface area contributed by atoms with Gasteiger partial charge in [-0.3, -0.25) is 30.7 Å². The molecule has 3 N–H and O–H groups in total. The van der Waals surface area contributed by atoms with Crippen LogP contribution in [0.15, 0.2) is 60.9 Å². The van der Waals surface area contributed by atoms with Crippen LogP contribution < -0.4 is 16.2 Å². The van der Waals surface area contributed by atoms with Crippen LogP contribution in [0.25, 0.3) is 10.9 Å². The molecule has 0 fully saturated rings. The summed E-state index contributed by atoms with van der Waals surface area (Å²) < 4.78 is 0. The van der Waals surface area contributed by atoms with Crippen LogP contribution in [0.2, 0.25) is 5.02 Å². The topological polar surface area (TPSA) is 135 Å². The predicted octanol–water partition coefficient (Wildman–Crippen LogP) is 4.40. The number of rotatable bonds is 6. The lowest BCUT2D eigenvalue weighted by Crippen LogP contribution is -2.30. The zero-order valence-electron chi connectivity index (χ0n) is 16.7. The van der Waals surface area contributed by atoms with Crippen molar-refractivity contribution in [3.8, 4) is 0 Å². The second kappa shape index (κ2) is 8.82. The van der Waals surface area contributed by atoms with E-state index in [2.05, 4.69) is 31.1 Å². The molecule has 2 aromatic carbocycles. The number of pyridine rings is 1. The van der Waals surface area contributed by atoms with Crippen molar-refractivity contribution in [3.05, 3.63) is 87.3 Å². The molecule has 32 heavy (non-hydrogen) atoms. The van der Waals surface area contributed by atoms with Crippen molar-refractivity contribution in [2.24, 2.45) is 0 Å². The molecule has 0 unspecified atom stereocenters. The van der Waals surface area contributed by atoms with E-state index in [-0.39, 0.29) is 22.2 Å². The number of carbonyl (C=O) groups is 1. The molecule has 0 saturated heterocycles. The van der Waals surface area contributed by atoms with Gasteiger partial charge in [-0.1, -0.05) is 41.9 Å². The van der Waals surface area contributed by atoms with E-state index in [1.54, 1.807) is 30.3 Å².